The van der Waals surface area contributed by atoms with Gasteiger partial charge in [-0.25, -0.2) is 4.98 Å². The Labute approximate surface area is 195 Å². The van der Waals surface area contributed by atoms with Crippen LogP contribution < -0.4 is 15.0 Å². The van der Waals surface area contributed by atoms with Gasteiger partial charge in [0.15, 0.2) is 12.6 Å². The molecule has 1 aliphatic heterocycles. The molecule has 0 atom stereocenters. The molecule has 1 fully saturated rings. The SMILES string of the molecule is CN=C(NCc1ccc(OCC(F)(F)F)nc1)N1CCN(c2ccccc2O)CC1.I. The average molecular weight is 551 g/mol. The zero-order valence-corrected chi connectivity index (χ0v) is 19.3. The minimum atomic E-state index is -4.39. The zero-order chi connectivity index (χ0) is 21.6. The van der Waals surface area contributed by atoms with Crippen LogP contribution in [0.25, 0.3) is 0 Å². The summed E-state index contributed by atoms with van der Waals surface area (Å²) in [6.45, 7) is 2.01. The second kappa shape index (κ2) is 11.3. The second-order valence-corrected chi connectivity index (χ2v) is 6.77. The van der Waals surface area contributed by atoms with Crippen LogP contribution >= 0.6 is 24.0 Å². The maximum atomic E-state index is 12.2. The van der Waals surface area contributed by atoms with Gasteiger partial charge in [0, 0.05) is 52.0 Å². The van der Waals surface area contributed by atoms with Crippen LogP contribution in [0, 0.1) is 0 Å². The number of benzene rings is 1. The lowest BCUT2D eigenvalue weighted by molar-refractivity contribution is -0.154. The van der Waals surface area contributed by atoms with E-state index in [1.807, 2.05) is 12.1 Å². The maximum Gasteiger partial charge on any atom is 0.422 e. The van der Waals surface area contributed by atoms with E-state index in [0.717, 1.165) is 43.4 Å². The van der Waals surface area contributed by atoms with Crippen LogP contribution in [0.2, 0.25) is 0 Å². The number of ether oxygens (including phenoxy) is 1. The number of nitrogens with one attached hydrogen (secondary N) is 1. The van der Waals surface area contributed by atoms with E-state index in [1.165, 1.54) is 12.3 Å². The standard InChI is InChI=1S/C20H24F3N5O2.HI/c1-24-19(26-13-15-6-7-18(25-12-15)30-14-20(21,22)23)28-10-8-27(9-11-28)16-4-2-3-5-17(16)29;/h2-7,12,29H,8-11,13-14H2,1H3,(H,24,26);1H. The minimum Gasteiger partial charge on any atom is -0.506 e. The molecule has 0 amide bonds. The Hall–Kier alpha value is -2.44. The molecule has 2 N–H and O–H groups in total. The lowest BCUT2D eigenvalue weighted by Gasteiger charge is -2.37. The summed E-state index contributed by atoms with van der Waals surface area (Å²) in [6, 6.07) is 10.3. The summed E-state index contributed by atoms with van der Waals surface area (Å²) in [7, 11) is 1.70. The van der Waals surface area contributed by atoms with Gasteiger partial charge in [-0.2, -0.15) is 13.2 Å². The fraction of sp³-hybridized carbons (Fsp3) is 0.400. The molecule has 11 heteroatoms. The first-order valence-corrected chi connectivity index (χ1v) is 9.49. The van der Waals surface area contributed by atoms with Crippen LogP contribution in [0.3, 0.4) is 0 Å². The quantitative estimate of drug-likeness (QED) is 0.338. The van der Waals surface area contributed by atoms with Crippen molar-refractivity contribution in [2.45, 2.75) is 12.7 Å². The Morgan fingerprint density at radius 2 is 1.87 bits per heavy atom. The molecule has 0 radical (unpaired) electrons. The number of hydrogen-bond donors (Lipinski definition) is 2. The Kier molecular flexibility index (Phi) is 9.01. The lowest BCUT2D eigenvalue weighted by Crippen LogP contribution is -2.52. The third kappa shape index (κ3) is 7.33. The molecule has 170 valence electrons. The first kappa shape index (κ1) is 24.8. The summed E-state index contributed by atoms with van der Waals surface area (Å²) < 4.78 is 41.2. The van der Waals surface area contributed by atoms with Crippen LogP contribution in [-0.2, 0) is 6.54 Å². The molecule has 0 unspecified atom stereocenters. The van der Waals surface area contributed by atoms with Crippen molar-refractivity contribution in [2.75, 3.05) is 44.7 Å². The van der Waals surface area contributed by atoms with E-state index >= 15 is 0 Å². The van der Waals surface area contributed by atoms with Crippen molar-refractivity contribution in [3.63, 3.8) is 0 Å². The molecule has 0 aliphatic carbocycles. The Balaban J connectivity index is 0.00000341. The Morgan fingerprint density at radius 1 is 1.16 bits per heavy atom. The number of aromatic hydroxyl groups is 1. The number of aromatic nitrogens is 1. The molecule has 3 rings (SSSR count). The second-order valence-electron chi connectivity index (χ2n) is 6.77. The Bertz CT molecular complexity index is 857. The smallest absolute Gasteiger partial charge is 0.422 e. The van der Waals surface area contributed by atoms with Gasteiger partial charge in [-0.1, -0.05) is 18.2 Å². The van der Waals surface area contributed by atoms with Crippen LogP contribution in [0.4, 0.5) is 18.9 Å². The van der Waals surface area contributed by atoms with Crippen LogP contribution in [0.1, 0.15) is 5.56 Å². The van der Waals surface area contributed by atoms with Gasteiger partial charge in [-0.15, -0.1) is 24.0 Å². The average Bonchev–Trinajstić information content (AvgIpc) is 2.74. The number of nitrogens with zero attached hydrogens (tertiary/aromatic N) is 4. The largest absolute Gasteiger partial charge is 0.506 e. The summed E-state index contributed by atoms with van der Waals surface area (Å²) >= 11 is 0. The predicted molar refractivity (Wildman–Crippen MR) is 123 cm³/mol. The molecular weight excluding hydrogens is 526 g/mol. The molecule has 1 saturated heterocycles. The summed E-state index contributed by atoms with van der Waals surface area (Å²) in [5, 5.41) is 13.3. The highest BCUT2D eigenvalue weighted by molar-refractivity contribution is 14.0. The fourth-order valence-corrected chi connectivity index (χ4v) is 3.16. The van der Waals surface area contributed by atoms with Gasteiger partial charge >= 0.3 is 6.18 Å². The number of piperazine rings is 1. The van der Waals surface area contributed by atoms with E-state index in [1.54, 1.807) is 25.2 Å². The van der Waals surface area contributed by atoms with Crippen molar-refractivity contribution in [3.8, 4) is 11.6 Å². The van der Waals surface area contributed by atoms with E-state index in [0.29, 0.717) is 6.54 Å². The number of alkyl halides is 3. The first-order chi connectivity index (χ1) is 14.4. The molecule has 0 saturated carbocycles. The zero-order valence-electron chi connectivity index (χ0n) is 17.0. The topological polar surface area (TPSA) is 73.2 Å². The number of aliphatic imine (C=N–C) groups is 1. The number of halogens is 4. The van der Waals surface area contributed by atoms with E-state index in [2.05, 4.69) is 29.8 Å². The summed E-state index contributed by atoms with van der Waals surface area (Å²) in [4.78, 5) is 12.5. The van der Waals surface area contributed by atoms with E-state index in [9.17, 15) is 18.3 Å². The fourth-order valence-electron chi connectivity index (χ4n) is 3.16. The van der Waals surface area contributed by atoms with Gasteiger partial charge in [0.05, 0.1) is 5.69 Å². The van der Waals surface area contributed by atoms with E-state index < -0.39 is 12.8 Å². The highest BCUT2D eigenvalue weighted by Crippen LogP contribution is 2.27. The van der Waals surface area contributed by atoms with E-state index in [-0.39, 0.29) is 35.6 Å². The number of anilines is 1. The van der Waals surface area contributed by atoms with Gasteiger partial charge in [0.1, 0.15) is 5.75 Å². The summed E-state index contributed by atoms with van der Waals surface area (Å²) in [5.41, 5.74) is 1.61. The summed E-state index contributed by atoms with van der Waals surface area (Å²) in [5.74, 6) is 0.925. The monoisotopic (exact) mass is 551 g/mol. The number of pyridine rings is 1. The third-order valence-electron chi connectivity index (χ3n) is 4.65. The third-order valence-corrected chi connectivity index (χ3v) is 4.65. The summed E-state index contributed by atoms with van der Waals surface area (Å²) in [6.07, 6.45) is -2.92. The molecule has 1 aliphatic rings. The van der Waals surface area contributed by atoms with Gasteiger partial charge in [0.2, 0.25) is 5.88 Å². The van der Waals surface area contributed by atoms with Gasteiger partial charge in [-0.05, 0) is 17.7 Å². The molecule has 2 heterocycles. The number of hydrogen-bond acceptors (Lipinski definition) is 5. The van der Waals surface area contributed by atoms with Crippen molar-refractivity contribution < 1.29 is 23.0 Å². The molecule has 0 spiro atoms. The first-order valence-electron chi connectivity index (χ1n) is 9.49. The van der Waals surface area contributed by atoms with Crippen molar-refractivity contribution in [1.29, 1.82) is 0 Å². The van der Waals surface area contributed by atoms with Crippen molar-refractivity contribution in [2.24, 2.45) is 4.99 Å². The molecule has 31 heavy (non-hydrogen) atoms. The number of rotatable bonds is 5. The van der Waals surface area contributed by atoms with E-state index in [4.69, 9.17) is 0 Å². The number of phenolic OH excluding ortho intramolecular Hbond substituents is 1. The predicted octanol–water partition coefficient (Wildman–Crippen LogP) is 3.24. The van der Waals surface area contributed by atoms with Crippen LogP contribution in [0.15, 0.2) is 47.6 Å². The Morgan fingerprint density at radius 3 is 2.45 bits per heavy atom. The molecule has 1 aromatic heterocycles. The number of phenols is 1. The van der Waals surface area contributed by atoms with Crippen LogP contribution in [0.5, 0.6) is 11.6 Å². The lowest BCUT2D eigenvalue weighted by atomic mass is 10.2. The molecule has 1 aromatic carbocycles. The van der Waals surface area contributed by atoms with Crippen molar-refractivity contribution >= 4 is 35.6 Å². The highest BCUT2D eigenvalue weighted by Gasteiger charge is 2.28. The van der Waals surface area contributed by atoms with Crippen molar-refractivity contribution in [1.82, 2.24) is 15.2 Å². The normalized spacial score (nSPS) is 14.8. The molecule has 0 bridgehead atoms. The maximum absolute atomic E-state index is 12.2. The number of guanidine groups is 1. The molecule has 2 aromatic rings. The van der Waals surface area contributed by atoms with Gasteiger partial charge in [-0.3, -0.25) is 4.99 Å². The van der Waals surface area contributed by atoms with Gasteiger partial charge < -0.3 is 25.0 Å². The van der Waals surface area contributed by atoms with Crippen LogP contribution in [-0.4, -0.2) is 67.0 Å². The number of para-hydroxylation sites is 2. The van der Waals surface area contributed by atoms with Crippen molar-refractivity contribution in [3.05, 3.63) is 48.2 Å². The van der Waals surface area contributed by atoms with Gasteiger partial charge in [0.25, 0.3) is 0 Å². The molecular formula is C20H25F3IN5O2. The highest BCUT2D eigenvalue weighted by atomic mass is 127. The molecule has 7 nitrogen and oxygen atoms in total. The minimum absolute atomic E-state index is 0.